The van der Waals surface area contributed by atoms with E-state index < -0.39 is 13.3 Å². The molecule has 0 bridgehead atoms. The van der Waals surface area contributed by atoms with Crippen molar-refractivity contribution in [1.29, 1.82) is 0 Å². The molecule has 0 fully saturated rings. The van der Waals surface area contributed by atoms with Gasteiger partial charge in [0.1, 0.15) is 5.75 Å². The molecule has 1 rings (SSSR count). The highest BCUT2D eigenvalue weighted by Gasteiger charge is 2.22. The maximum atomic E-state index is 12.0. The Hall–Kier alpha value is -1.13. The molecule has 0 aliphatic carbocycles. The van der Waals surface area contributed by atoms with Gasteiger partial charge in [0.15, 0.2) is 0 Å². The zero-order valence-electron chi connectivity index (χ0n) is 7.14. The summed E-state index contributed by atoms with van der Waals surface area (Å²) in [5.74, 6) is 0.568. The SMILES string of the molecule is COc1ccc(C[B-](F)(F)F)cc1. The second-order valence-corrected chi connectivity index (χ2v) is 2.76. The number of methoxy groups -OCH3 is 1. The Morgan fingerprint density at radius 2 is 1.69 bits per heavy atom. The molecule has 5 heteroatoms. The van der Waals surface area contributed by atoms with Gasteiger partial charge in [-0.05, 0) is 12.1 Å². The van der Waals surface area contributed by atoms with E-state index in [4.69, 9.17) is 4.74 Å². The molecule has 0 saturated carbocycles. The number of benzene rings is 1. The topological polar surface area (TPSA) is 9.23 Å². The highest BCUT2D eigenvalue weighted by Crippen LogP contribution is 2.18. The smallest absolute Gasteiger partial charge is 0.482 e. The van der Waals surface area contributed by atoms with E-state index in [0.29, 0.717) is 5.75 Å². The maximum Gasteiger partial charge on any atom is 0.482 e. The summed E-state index contributed by atoms with van der Waals surface area (Å²) in [6, 6.07) is 5.90. The molecule has 1 aromatic rings. The normalized spacial score (nSPS) is 11.4. The Bertz CT molecular complexity index is 268. The molecular weight excluding hydrogens is 180 g/mol. The second kappa shape index (κ2) is 3.72. The quantitative estimate of drug-likeness (QED) is 0.664. The first-order valence-electron chi connectivity index (χ1n) is 3.85. The molecule has 72 valence electrons. The molecule has 0 unspecified atom stereocenters. The number of rotatable bonds is 3. The van der Waals surface area contributed by atoms with Crippen LogP contribution in [-0.4, -0.2) is 14.1 Å². The second-order valence-electron chi connectivity index (χ2n) is 2.76. The van der Waals surface area contributed by atoms with E-state index in [0.717, 1.165) is 0 Å². The van der Waals surface area contributed by atoms with Crippen molar-refractivity contribution in [2.75, 3.05) is 7.11 Å². The van der Waals surface area contributed by atoms with E-state index in [1.54, 1.807) is 0 Å². The third-order valence-electron chi connectivity index (χ3n) is 1.63. The summed E-state index contributed by atoms with van der Waals surface area (Å²) in [6.07, 6.45) is -0.829. The Labute approximate surface area is 74.6 Å². The molecule has 0 radical (unpaired) electrons. The van der Waals surface area contributed by atoms with Crippen LogP contribution in [0.2, 0.25) is 0 Å². The Morgan fingerprint density at radius 3 is 2.08 bits per heavy atom. The number of halogens is 3. The number of hydrogen-bond acceptors (Lipinski definition) is 1. The Morgan fingerprint density at radius 1 is 1.15 bits per heavy atom. The van der Waals surface area contributed by atoms with Gasteiger partial charge in [0, 0.05) is 0 Å². The maximum absolute atomic E-state index is 12.0. The highest BCUT2D eigenvalue weighted by molar-refractivity contribution is 6.57. The lowest BCUT2D eigenvalue weighted by Gasteiger charge is -2.13. The molecule has 0 aromatic heterocycles. The third kappa shape index (κ3) is 3.40. The predicted octanol–water partition coefficient (Wildman–Crippen LogP) is 2.62. The fraction of sp³-hybridized carbons (Fsp3) is 0.250. The van der Waals surface area contributed by atoms with Gasteiger partial charge in [0.2, 0.25) is 0 Å². The summed E-state index contributed by atoms with van der Waals surface area (Å²) < 4.78 is 40.7. The fourth-order valence-electron chi connectivity index (χ4n) is 1.03. The molecule has 0 amide bonds. The van der Waals surface area contributed by atoms with Crippen LogP contribution < -0.4 is 4.74 Å². The van der Waals surface area contributed by atoms with Gasteiger partial charge >= 0.3 is 6.98 Å². The van der Waals surface area contributed by atoms with Crippen molar-refractivity contribution in [2.45, 2.75) is 6.32 Å². The summed E-state index contributed by atoms with van der Waals surface area (Å²) in [5, 5.41) is 0. The molecule has 0 aliphatic heterocycles. The third-order valence-corrected chi connectivity index (χ3v) is 1.63. The average molecular weight is 189 g/mol. The highest BCUT2D eigenvalue weighted by atomic mass is 19.4. The van der Waals surface area contributed by atoms with E-state index in [1.165, 1.54) is 31.4 Å². The minimum Gasteiger partial charge on any atom is -0.497 e. The van der Waals surface area contributed by atoms with Crippen LogP contribution in [0.4, 0.5) is 12.9 Å². The summed E-state index contributed by atoms with van der Waals surface area (Å²) in [7, 11) is 1.47. The van der Waals surface area contributed by atoms with Crippen molar-refractivity contribution in [1.82, 2.24) is 0 Å². The van der Waals surface area contributed by atoms with Gasteiger partial charge in [-0.3, -0.25) is 0 Å². The number of hydrogen-bond donors (Lipinski definition) is 0. The molecule has 0 spiro atoms. The van der Waals surface area contributed by atoms with Gasteiger partial charge < -0.3 is 17.7 Å². The van der Waals surface area contributed by atoms with E-state index in [1.807, 2.05) is 0 Å². The zero-order chi connectivity index (χ0) is 9.90. The predicted molar refractivity (Wildman–Crippen MR) is 45.8 cm³/mol. The molecule has 0 aliphatic rings. The zero-order valence-corrected chi connectivity index (χ0v) is 7.14. The molecule has 13 heavy (non-hydrogen) atoms. The van der Waals surface area contributed by atoms with Crippen molar-refractivity contribution < 1.29 is 17.7 Å². The van der Waals surface area contributed by atoms with E-state index in [2.05, 4.69) is 0 Å². The summed E-state index contributed by atoms with van der Waals surface area (Å²) in [5.41, 5.74) is 0.272. The first-order valence-corrected chi connectivity index (χ1v) is 3.85. The lowest BCUT2D eigenvalue weighted by atomic mass is 9.82. The first kappa shape index (κ1) is 9.96. The van der Waals surface area contributed by atoms with Crippen molar-refractivity contribution in [3.05, 3.63) is 29.8 Å². The molecule has 0 N–H and O–H groups in total. The monoisotopic (exact) mass is 189 g/mol. The molecule has 1 aromatic carbocycles. The van der Waals surface area contributed by atoms with Gasteiger partial charge in [0.25, 0.3) is 0 Å². The Kier molecular flexibility index (Phi) is 2.85. The largest absolute Gasteiger partial charge is 0.497 e. The van der Waals surface area contributed by atoms with E-state index in [-0.39, 0.29) is 5.56 Å². The van der Waals surface area contributed by atoms with Gasteiger partial charge in [-0.25, -0.2) is 0 Å². The first-order chi connectivity index (χ1) is 6.01. The van der Waals surface area contributed by atoms with Crippen LogP contribution in [0.1, 0.15) is 5.56 Å². The standard InChI is InChI=1S/C8H9BF3O/c1-13-8-4-2-7(3-5-8)6-9(10,11)12/h2-5H,6H2,1H3/q-1. The van der Waals surface area contributed by atoms with Crippen LogP contribution in [0.3, 0.4) is 0 Å². The molecule has 1 nitrogen and oxygen atoms in total. The average Bonchev–Trinajstić information content (AvgIpc) is 2.03. The van der Waals surface area contributed by atoms with Crippen LogP contribution in [-0.2, 0) is 6.32 Å². The van der Waals surface area contributed by atoms with Gasteiger partial charge in [-0.1, -0.05) is 24.0 Å². The minimum atomic E-state index is -4.74. The van der Waals surface area contributed by atoms with E-state index >= 15 is 0 Å². The van der Waals surface area contributed by atoms with Crippen LogP contribution in [0.15, 0.2) is 24.3 Å². The van der Waals surface area contributed by atoms with Crippen LogP contribution >= 0.6 is 0 Å². The molecule has 0 atom stereocenters. The van der Waals surface area contributed by atoms with Crippen LogP contribution in [0.5, 0.6) is 5.75 Å². The number of ether oxygens (including phenoxy) is 1. The van der Waals surface area contributed by atoms with Crippen molar-refractivity contribution >= 4 is 6.98 Å². The van der Waals surface area contributed by atoms with Gasteiger partial charge in [0.05, 0.1) is 7.11 Å². The lowest BCUT2D eigenvalue weighted by molar-refractivity contribution is 0.414. The summed E-state index contributed by atoms with van der Waals surface area (Å²) >= 11 is 0. The summed E-state index contributed by atoms with van der Waals surface area (Å²) in [4.78, 5) is 0. The minimum absolute atomic E-state index is 0.272. The summed E-state index contributed by atoms with van der Waals surface area (Å²) in [6.45, 7) is -4.74. The van der Waals surface area contributed by atoms with Crippen molar-refractivity contribution in [3.8, 4) is 5.75 Å². The Balaban J connectivity index is 2.70. The van der Waals surface area contributed by atoms with Gasteiger partial charge in [-0.15, -0.1) is 0 Å². The molecule has 0 heterocycles. The van der Waals surface area contributed by atoms with Crippen LogP contribution in [0, 0.1) is 0 Å². The lowest BCUT2D eigenvalue weighted by Crippen LogP contribution is -2.19. The molecule has 0 saturated heterocycles. The van der Waals surface area contributed by atoms with Crippen molar-refractivity contribution in [3.63, 3.8) is 0 Å². The molecular formula is C8H9BF3O-. The fourth-order valence-corrected chi connectivity index (χ4v) is 1.03. The van der Waals surface area contributed by atoms with Gasteiger partial charge in [-0.2, -0.15) is 0 Å². The van der Waals surface area contributed by atoms with E-state index in [9.17, 15) is 12.9 Å². The van der Waals surface area contributed by atoms with Crippen LogP contribution in [0.25, 0.3) is 0 Å². The van der Waals surface area contributed by atoms with Crippen molar-refractivity contribution in [2.24, 2.45) is 0 Å².